The van der Waals surface area contributed by atoms with Crippen molar-refractivity contribution in [1.82, 2.24) is 10.2 Å². The summed E-state index contributed by atoms with van der Waals surface area (Å²) in [5, 5.41) is 3.32. The number of hydrogen-bond donors (Lipinski definition) is 1. The molecule has 2 aliphatic rings. The first kappa shape index (κ1) is 20.5. The first-order valence-corrected chi connectivity index (χ1v) is 10.8. The van der Waals surface area contributed by atoms with Gasteiger partial charge in [0.2, 0.25) is 0 Å². The van der Waals surface area contributed by atoms with E-state index in [1.165, 1.54) is 0 Å². The maximum Gasteiger partial charge on any atom is 0.193 e. The number of sulfone groups is 1. The summed E-state index contributed by atoms with van der Waals surface area (Å²) >= 11 is 0. The number of nitrogens with zero attached hydrogens (tertiary/aromatic N) is 2. The SMILES string of the molecule is CN=C(NCCCOCC1CCOCC1)N1CCS(=O)(=O)C(C)(C)C1. The number of ether oxygens (including phenoxy) is 2. The van der Waals surface area contributed by atoms with Crippen LogP contribution in [0.4, 0.5) is 0 Å². The topological polar surface area (TPSA) is 80.2 Å². The number of guanidine groups is 1. The van der Waals surface area contributed by atoms with E-state index in [1.54, 1.807) is 20.9 Å². The highest BCUT2D eigenvalue weighted by atomic mass is 32.2. The van der Waals surface area contributed by atoms with Gasteiger partial charge in [-0.3, -0.25) is 4.99 Å². The van der Waals surface area contributed by atoms with Gasteiger partial charge in [-0.2, -0.15) is 0 Å². The second-order valence-corrected chi connectivity index (χ2v) is 10.2. The van der Waals surface area contributed by atoms with Crippen LogP contribution in [0.25, 0.3) is 0 Å². The Hall–Kier alpha value is -0.860. The minimum Gasteiger partial charge on any atom is -0.381 e. The molecule has 0 atom stereocenters. The van der Waals surface area contributed by atoms with Crippen LogP contribution in [-0.4, -0.2) is 82.9 Å². The highest BCUT2D eigenvalue weighted by Gasteiger charge is 2.40. The van der Waals surface area contributed by atoms with Crippen molar-refractivity contribution in [2.75, 3.05) is 58.9 Å². The summed E-state index contributed by atoms with van der Waals surface area (Å²) < 4.78 is 34.6. The molecule has 25 heavy (non-hydrogen) atoms. The first-order valence-electron chi connectivity index (χ1n) is 9.19. The van der Waals surface area contributed by atoms with Gasteiger partial charge in [-0.05, 0) is 39.0 Å². The van der Waals surface area contributed by atoms with Gasteiger partial charge in [0.15, 0.2) is 15.8 Å². The molecule has 0 saturated carbocycles. The van der Waals surface area contributed by atoms with Gasteiger partial charge >= 0.3 is 0 Å². The van der Waals surface area contributed by atoms with Crippen LogP contribution in [-0.2, 0) is 19.3 Å². The molecule has 2 saturated heterocycles. The molecule has 0 aliphatic carbocycles. The Morgan fingerprint density at radius 1 is 1.36 bits per heavy atom. The number of nitrogens with one attached hydrogen (secondary N) is 1. The molecule has 0 radical (unpaired) electrons. The molecule has 0 aromatic heterocycles. The third kappa shape index (κ3) is 5.82. The monoisotopic (exact) mass is 375 g/mol. The van der Waals surface area contributed by atoms with Crippen LogP contribution in [0.5, 0.6) is 0 Å². The Labute approximate surface area is 152 Å². The fraction of sp³-hybridized carbons (Fsp3) is 0.941. The maximum absolute atomic E-state index is 12.1. The van der Waals surface area contributed by atoms with Crippen molar-refractivity contribution in [2.24, 2.45) is 10.9 Å². The molecule has 146 valence electrons. The summed E-state index contributed by atoms with van der Waals surface area (Å²) in [5.74, 6) is 1.58. The molecule has 2 aliphatic heterocycles. The molecule has 2 heterocycles. The lowest BCUT2D eigenvalue weighted by Gasteiger charge is -2.39. The van der Waals surface area contributed by atoms with Gasteiger partial charge < -0.3 is 19.7 Å². The molecular formula is C17H33N3O4S. The lowest BCUT2D eigenvalue weighted by atomic mass is 10.0. The predicted molar refractivity (Wildman–Crippen MR) is 99.8 cm³/mol. The fourth-order valence-electron chi connectivity index (χ4n) is 3.19. The molecule has 0 aromatic rings. The normalized spacial score (nSPS) is 24.3. The highest BCUT2D eigenvalue weighted by molar-refractivity contribution is 7.92. The zero-order valence-electron chi connectivity index (χ0n) is 15.8. The van der Waals surface area contributed by atoms with Crippen molar-refractivity contribution in [1.29, 1.82) is 0 Å². The van der Waals surface area contributed by atoms with Gasteiger partial charge in [0.25, 0.3) is 0 Å². The summed E-state index contributed by atoms with van der Waals surface area (Å²) in [6, 6.07) is 0. The van der Waals surface area contributed by atoms with Crippen LogP contribution >= 0.6 is 0 Å². The van der Waals surface area contributed by atoms with E-state index in [0.717, 1.165) is 58.2 Å². The second kappa shape index (κ2) is 9.19. The molecule has 1 N–H and O–H groups in total. The summed E-state index contributed by atoms with van der Waals surface area (Å²) in [6.45, 7) is 8.54. The number of rotatable bonds is 6. The minimum atomic E-state index is -3.03. The van der Waals surface area contributed by atoms with Crippen molar-refractivity contribution in [3.63, 3.8) is 0 Å². The van der Waals surface area contributed by atoms with Gasteiger partial charge in [-0.1, -0.05) is 0 Å². The molecule has 8 heteroatoms. The Balaban J connectivity index is 1.65. The molecule has 0 spiro atoms. The molecule has 0 bridgehead atoms. The Morgan fingerprint density at radius 3 is 2.72 bits per heavy atom. The van der Waals surface area contributed by atoms with Gasteiger partial charge in [-0.25, -0.2) is 8.42 Å². The minimum absolute atomic E-state index is 0.176. The van der Waals surface area contributed by atoms with E-state index in [4.69, 9.17) is 9.47 Å². The fourth-order valence-corrected chi connectivity index (χ4v) is 4.56. The zero-order valence-corrected chi connectivity index (χ0v) is 16.6. The lowest BCUT2D eigenvalue weighted by Crippen LogP contribution is -2.57. The van der Waals surface area contributed by atoms with Crippen molar-refractivity contribution in [3.05, 3.63) is 0 Å². The average Bonchev–Trinajstić information content (AvgIpc) is 2.58. The highest BCUT2D eigenvalue weighted by Crippen LogP contribution is 2.23. The average molecular weight is 376 g/mol. The quantitative estimate of drug-likeness (QED) is 0.422. The molecule has 0 aromatic carbocycles. The van der Waals surface area contributed by atoms with Gasteiger partial charge in [0.05, 0.1) is 10.5 Å². The summed E-state index contributed by atoms with van der Waals surface area (Å²) in [6.07, 6.45) is 3.09. The molecule has 2 fully saturated rings. The molecule has 0 amide bonds. The standard InChI is InChI=1S/C17H33N3O4S/c1-17(2)14-20(8-12-25(17,21)22)16(18-3)19-7-4-9-24-13-15-5-10-23-11-6-15/h15H,4-14H2,1-3H3,(H,18,19). The molecule has 7 nitrogen and oxygen atoms in total. The van der Waals surface area contributed by atoms with Crippen molar-refractivity contribution < 1.29 is 17.9 Å². The third-order valence-electron chi connectivity index (χ3n) is 5.00. The predicted octanol–water partition coefficient (Wildman–Crippen LogP) is 0.904. The van der Waals surface area contributed by atoms with Crippen LogP contribution in [0.1, 0.15) is 33.1 Å². The van der Waals surface area contributed by atoms with Crippen molar-refractivity contribution in [2.45, 2.75) is 37.9 Å². The van der Waals surface area contributed by atoms with Crippen LogP contribution < -0.4 is 5.32 Å². The smallest absolute Gasteiger partial charge is 0.193 e. The van der Waals surface area contributed by atoms with Gasteiger partial charge in [0, 0.05) is 53.1 Å². The Kier molecular flexibility index (Phi) is 7.51. The second-order valence-electron chi connectivity index (χ2n) is 7.46. The van der Waals surface area contributed by atoms with E-state index < -0.39 is 14.6 Å². The third-order valence-corrected chi connectivity index (χ3v) is 7.53. The summed E-state index contributed by atoms with van der Waals surface area (Å²) in [4.78, 5) is 6.33. The van der Waals surface area contributed by atoms with Crippen LogP contribution in [0.2, 0.25) is 0 Å². The lowest BCUT2D eigenvalue weighted by molar-refractivity contribution is 0.0203. The largest absolute Gasteiger partial charge is 0.381 e. The van der Waals surface area contributed by atoms with Gasteiger partial charge in [-0.15, -0.1) is 0 Å². The van der Waals surface area contributed by atoms with E-state index in [0.29, 0.717) is 19.0 Å². The van der Waals surface area contributed by atoms with E-state index in [9.17, 15) is 8.42 Å². The van der Waals surface area contributed by atoms with E-state index in [1.807, 2.05) is 4.90 Å². The van der Waals surface area contributed by atoms with Crippen molar-refractivity contribution >= 4 is 15.8 Å². The molecular weight excluding hydrogens is 342 g/mol. The first-order chi connectivity index (χ1) is 11.9. The van der Waals surface area contributed by atoms with Gasteiger partial charge in [0.1, 0.15) is 0 Å². The van der Waals surface area contributed by atoms with E-state index in [-0.39, 0.29) is 5.75 Å². The van der Waals surface area contributed by atoms with E-state index >= 15 is 0 Å². The Morgan fingerprint density at radius 2 is 2.08 bits per heavy atom. The maximum atomic E-state index is 12.1. The molecule has 2 rings (SSSR count). The molecule has 0 unspecified atom stereocenters. The van der Waals surface area contributed by atoms with E-state index in [2.05, 4.69) is 10.3 Å². The van der Waals surface area contributed by atoms with Crippen molar-refractivity contribution in [3.8, 4) is 0 Å². The summed E-state index contributed by atoms with van der Waals surface area (Å²) in [5.41, 5.74) is 0. The number of hydrogen-bond acceptors (Lipinski definition) is 5. The number of aliphatic imine (C=N–C) groups is 1. The Bertz CT molecular complexity index is 542. The zero-order chi connectivity index (χ0) is 18.3. The van der Waals surface area contributed by atoms with Crippen LogP contribution in [0.15, 0.2) is 4.99 Å². The van der Waals surface area contributed by atoms with Crippen LogP contribution in [0.3, 0.4) is 0 Å². The van der Waals surface area contributed by atoms with Crippen LogP contribution in [0, 0.1) is 5.92 Å². The summed E-state index contributed by atoms with van der Waals surface area (Å²) in [7, 11) is -1.30.